The van der Waals surface area contributed by atoms with E-state index in [0.29, 0.717) is 24.5 Å². The lowest BCUT2D eigenvalue weighted by Gasteiger charge is -2.29. The van der Waals surface area contributed by atoms with Crippen LogP contribution in [-0.4, -0.2) is 73.8 Å². The maximum Gasteiger partial charge on any atom is 0.416 e. The molecule has 4 aromatic rings. The van der Waals surface area contributed by atoms with Crippen molar-refractivity contribution in [1.29, 1.82) is 0 Å². The molecule has 1 N–H and O–H groups in total. The van der Waals surface area contributed by atoms with E-state index in [4.69, 9.17) is 19.4 Å². The van der Waals surface area contributed by atoms with Gasteiger partial charge in [0.15, 0.2) is 5.82 Å². The molecule has 1 saturated heterocycles. The number of amides is 1. The van der Waals surface area contributed by atoms with Crippen molar-refractivity contribution in [3.63, 3.8) is 0 Å². The molecule has 232 valence electrons. The molecule has 2 heterocycles. The van der Waals surface area contributed by atoms with E-state index in [9.17, 15) is 18.0 Å². The van der Waals surface area contributed by atoms with E-state index in [0.717, 1.165) is 79.4 Å². The van der Waals surface area contributed by atoms with Crippen molar-refractivity contribution in [2.45, 2.75) is 25.6 Å². The lowest BCUT2D eigenvalue weighted by Crippen LogP contribution is -2.39. The number of alkyl halides is 3. The van der Waals surface area contributed by atoms with E-state index in [1.54, 1.807) is 13.2 Å². The van der Waals surface area contributed by atoms with Crippen LogP contribution >= 0.6 is 0 Å². The number of fused-ring (bicyclic) bond motifs is 1. The number of morpholine rings is 1. The number of methoxy groups -OCH3 is 1. The number of hydrogen-bond donors (Lipinski definition) is 1. The lowest BCUT2D eigenvalue weighted by molar-refractivity contribution is -0.137. The van der Waals surface area contributed by atoms with Crippen molar-refractivity contribution in [1.82, 2.24) is 20.2 Å². The fraction of sp³-hybridized carbons (Fsp3) is 0.364. The molecule has 8 nitrogen and oxygen atoms in total. The highest BCUT2D eigenvalue weighted by atomic mass is 19.4. The second kappa shape index (κ2) is 14.5. The van der Waals surface area contributed by atoms with Gasteiger partial charge in [-0.05, 0) is 60.5 Å². The van der Waals surface area contributed by atoms with E-state index in [1.165, 1.54) is 6.07 Å². The number of aromatic nitrogens is 2. The summed E-state index contributed by atoms with van der Waals surface area (Å²) < 4.78 is 50.2. The minimum absolute atomic E-state index is 0.0117. The first-order chi connectivity index (χ1) is 21.3. The number of anilines is 1. The van der Waals surface area contributed by atoms with Crippen molar-refractivity contribution in [3.05, 3.63) is 83.9 Å². The van der Waals surface area contributed by atoms with Gasteiger partial charge in [-0.3, -0.25) is 9.69 Å². The number of carbonyl (C=O) groups excluding carboxylic acids is 1. The van der Waals surface area contributed by atoms with Gasteiger partial charge in [-0.1, -0.05) is 24.3 Å². The Bertz CT molecular complexity index is 1540. The standard InChI is InChI=1S/C33H36F3N5O3/c1-43-27-12-10-25(11-13-27)31-38-29-9-3-2-8-28(29)32(39-31)41(16-5-15-40-18-20-44-21-19-40)17-14-30(42)37-23-24-6-4-7-26(22-24)33(34,35)36/h2-4,6-13,22H,5,14-21,23H2,1H3,(H,37,42). The van der Waals surface area contributed by atoms with Crippen LogP contribution in [0.3, 0.4) is 0 Å². The Morgan fingerprint density at radius 2 is 1.77 bits per heavy atom. The van der Waals surface area contributed by atoms with Crippen LogP contribution in [0, 0.1) is 0 Å². The number of benzene rings is 3. The smallest absolute Gasteiger partial charge is 0.416 e. The van der Waals surface area contributed by atoms with Crippen LogP contribution in [0.15, 0.2) is 72.8 Å². The van der Waals surface area contributed by atoms with Gasteiger partial charge in [0.2, 0.25) is 5.91 Å². The molecule has 1 amide bonds. The highest BCUT2D eigenvalue weighted by Gasteiger charge is 2.30. The molecule has 1 aromatic heterocycles. The van der Waals surface area contributed by atoms with E-state index < -0.39 is 11.7 Å². The molecule has 0 atom stereocenters. The summed E-state index contributed by atoms with van der Waals surface area (Å²) >= 11 is 0. The summed E-state index contributed by atoms with van der Waals surface area (Å²) in [6, 6.07) is 20.3. The van der Waals surface area contributed by atoms with Gasteiger partial charge in [-0.25, -0.2) is 9.97 Å². The highest BCUT2D eigenvalue weighted by Crippen LogP contribution is 2.30. The van der Waals surface area contributed by atoms with Gasteiger partial charge in [-0.2, -0.15) is 13.2 Å². The van der Waals surface area contributed by atoms with Crippen molar-refractivity contribution < 1.29 is 27.4 Å². The Morgan fingerprint density at radius 3 is 2.52 bits per heavy atom. The third-order valence-electron chi connectivity index (χ3n) is 7.59. The Hall–Kier alpha value is -4.22. The Kier molecular flexibility index (Phi) is 10.3. The van der Waals surface area contributed by atoms with Crippen LogP contribution in [0.25, 0.3) is 22.3 Å². The van der Waals surface area contributed by atoms with Crippen LogP contribution in [0.1, 0.15) is 24.0 Å². The van der Waals surface area contributed by atoms with Crippen LogP contribution in [0.5, 0.6) is 5.75 Å². The first-order valence-electron chi connectivity index (χ1n) is 14.7. The van der Waals surface area contributed by atoms with E-state index in [2.05, 4.69) is 15.1 Å². The lowest BCUT2D eigenvalue weighted by atomic mass is 10.1. The molecule has 1 aliphatic rings. The Balaban J connectivity index is 1.35. The third kappa shape index (κ3) is 8.23. The molecule has 0 radical (unpaired) electrons. The molecule has 5 rings (SSSR count). The van der Waals surface area contributed by atoms with Gasteiger partial charge >= 0.3 is 6.18 Å². The molecular weight excluding hydrogens is 571 g/mol. The minimum atomic E-state index is -4.44. The quantitative estimate of drug-likeness (QED) is 0.226. The summed E-state index contributed by atoms with van der Waals surface area (Å²) in [4.78, 5) is 27.2. The van der Waals surface area contributed by atoms with Crippen LogP contribution in [0.2, 0.25) is 0 Å². The monoisotopic (exact) mass is 607 g/mol. The SMILES string of the molecule is COc1ccc(-c2nc(N(CCCN3CCOCC3)CCC(=O)NCc3cccc(C(F)(F)F)c3)c3ccccc3n2)cc1. The first kappa shape index (κ1) is 31.2. The molecule has 0 aliphatic carbocycles. The number of carbonyl (C=O) groups is 1. The zero-order valence-corrected chi connectivity index (χ0v) is 24.6. The summed E-state index contributed by atoms with van der Waals surface area (Å²) in [6.45, 7) is 5.14. The average molecular weight is 608 g/mol. The third-order valence-corrected chi connectivity index (χ3v) is 7.59. The van der Waals surface area contributed by atoms with Gasteiger partial charge in [0, 0.05) is 56.6 Å². The molecule has 0 unspecified atom stereocenters. The summed E-state index contributed by atoms with van der Waals surface area (Å²) in [7, 11) is 1.62. The van der Waals surface area contributed by atoms with Crippen LogP contribution < -0.4 is 15.0 Å². The Labute approximate surface area is 254 Å². The Morgan fingerprint density at radius 1 is 1.00 bits per heavy atom. The summed E-state index contributed by atoms with van der Waals surface area (Å²) in [6.07, 6.45) is -3.44. The van der Waals surface area contributed by atoms with Crippen molar-refractivity contribution >= 4 is 22.6 Å². The van der Waals surface area contributed by atoms with E-state index in [-0.39, 0.29) is 18.9 Å². The molecule has 0 bridgehead atoms. The van der Waals surface area contributed by atoms with Crippen LogP contribution in [-0.2, 0) is 22.3 Å². The molecule has 3 aromatic carbocycles. The van der Waals surface area contributed by atoms with Crippen molar-refractivity contribution in [3.8, 4) is 17.1 Å². The van der Waals surface area contributed by atoms with Crippen molar-refractivity contribution in [2.24, 2.45) is 0 Å². The van der Waals surface area contributed by atoms with Crippen LogP contribution in [0.4, 0.5) is 19.0 Å². The zero-order chi connectivity index (χ0) is 30.9. The molecule has 44 heavy (non-hydrogen) atoms. The maximum atomic E-state index is 13.1. The fourth-order valence-electron chi connectivity index (χ4n) is 5.19. The predicted molar refractivity (Wildman–Crippen MR) is 164 cm³/mol. The van der Waals surface area contributed by atoms with Gasteiger partial charge in [-0.15, -0.1) is 0 Å². The summed E-state index contributed by atoms with van der Waals surface area (Å²) in [5, 5.41) is 3.65. The average Bonchev–Trinajstić information content (AvgIpc) is 3.05. The highest BCUT2D eigenvalue weighted by molar-refractivity contribution is 5.91. The largest absolute Gasteiger partial charge is 0.497 e. The van der Waals surface area contributed by atoms with Gasteiger partial charge in [0.1, 0.15) is 11.6 Å². The number of para-hydroxylation sites is 1. The number of hydrogen-bond acceptors (Lipinski definition) is 7. The second-order valence-electron chi connectivity index (χ2n) is 10.6. The normalized spacial score (nSPS) is 14.0. The molecule has 11 heteroatoms. The number of halogens is 3. The fourth-order valence-corrected chi connectivity index (χ4v) is 5.19. The summed E-state index contributed by atoms with van der Waals surface area (Å²) in [5.41, 5.74) is 1.28. The second-order valence-corrected chi connectivity index (χ2v) is 10.6. The predicted octanol–water partition coefficient (Wildman–Crippen LogP) is 5.56. The number of rotatable bonds is 12. The molecule has 1 aliphatic heterocycles. The number of ether oxygens (including phenoxy) is 2. The van der Waals surface area contributed by atoms with E-state index in [1.807, 2.05) is 48.5 Å². The van der Waals surface area contributed by atoms with Crippen molar-refractivity contribution in [2.75, 3.05) is 57.9 Å². The van der Waals surface area contributed by atoms with Gasteiger partial charge < -0.3 is 19.7 Å². The number of nitrogens with one attached hydrogen (secondary N) is 1. The van der Waals surface area contributed by atoms with E-state index >= 15 is 0 Å². The minimum Gasteiger partial charge on any atom is -0.497 e. The van der Waals surface area contributed by atoms with Gasteiger partial charge in [0.05, 0.1) is 31.4 Å². The molecule has 0 saturated carbocycles. The topological polar surface area (TPSA) is 79.8 Å². The molecular formula is C33H36F3N5O3. The van der Waals surface area contributed by atoms with Gasteiger partial charge in [0.25, 0.3) is 0 Å². The molecule has 0 spiro atoms. The summed E-state index contributed by atoms with van der Waals surface area (Å²) in [5.74, 6) is 1.77. The zero-order valence-electron chi connectivity index (χ0n) is 24.6. The molecule has 1 fully saturated rings. The first-order valence-corrected chi connectivity index (χ1v) is 14.7. The number of nitrogens with zero attached hydrogens (tertiary/aromatic N) is 4. The maximum absolute atomic E-state index is 13.1.